The van der Waals surface area contributed by atoms with E-state index in [0.29, 0.717) is 18.8 Å². The fourth-order valence-corrected chi connectivity index (χ4v) is 5.63. The molecule has 1 unspecified atom stereocenters. The standard InChI is InChI=1S/C23H27FN2O3S/c1-16-6-8-17(9-7-16)22(18-10-11-18)25-23(27)19-12-14-26(15-13-19)30(28,29)21-5-3-2-4-20(21)24/h2-9,18-19,22H,10-15H2,1H3,(H,25,27). The van der Waals surface area contributed by atoms with Gasteiger partial charge in [-0.1, -0.05) is 42.0 Å². The van der Waals surface area contributed by atoms with E-state index < -0.39 is 15.8 Å². The van der Waals surface area contributed by atoms with E-state index in [1.165, 1.54) is 28.1 Å². The highest BCUT2D eigenvalue weighted by Gasteiger charge is 2.37. The van der Waals surface area contributed by atoms with Crippen LogP contribution in [0.3, 0.4) is 0 Å². The first-order valence-electron chi connectivity index (χ1n) is 10.5. The highest BCUT2D eigenvalue weighted by atomic mass is 32.2. The molecule has 1 aliphatic heterocycles. The first kappa shape index (κ1) is 21.0. The van der Waals surface area contributed by atoms with Gasteiger partial charge in [0.05, 0.1) is 6.04 Å². The van der Waals surface area contributed by atoms with Gasteiger partial charge in [-0.25, -0.2) is 12.8 Å². The molecule has 0 spiro atoms. The Morgan fingerprint density at radius 3 is 2.27 bits per heavy atom. The Kier molecular flexibility index (Phi) is 5.93. The molecular formula is C23H27FN2O3S. The fourth-order valence-electron chi connectivity index (χ4n) is 4.10. The third-order valence-electron chi connectivity index (χ3n) is 6.11. The third-order valence-corrected chi connectivity index (χ3v) is 8.04. The maximum Gasteiger partial charge on any atom is 0.245 e. The molecule has 2 aromatic carbocycles. The van der Waals surface area contributed by atoms with Gasteiger partial charge in [-0.3, -0.25) is 4.79 Å². The van der Waals surface area contributed by atoms with E-state index in [0.717, 1.165) is 24.5 Å². The summed E-state index contributed by atoms with van der Waals surface area (Å²) in [7, 11) is -3.89. The monoisotopic (exact) mass is 430 g/mol. The number of aryl methyl sites for hydroxylation is 1. The van der Waals surface area contributed by atoms with Crippen LogP contribution in [0, 0.1) is 24.6 Å². The van der Waals surface area contributed by atoms with Crippen molar-refractivity contribution in [2.75, 3.05) is 13.1 Å². The lowest BCUT2D eigenvalue weighted by molar-refractivity contribution is -0.127. The topological polar surface area (TPSA) is 66.5 Å². The molecule has 2 fully saturated rings. The molecule has 1 heterocycles. The number of rotatable bonds is 6. The molecule has 0 radical (unpaired) electrons. The zero-order valence-electron chi connectivity index (χ0n) is 17.1. The van der Waals surface area contributed by atoms with Gasteiger partial charge >= 0.3 is 0 Å². The summed E-state index contributed by atoms with van der Waals surface area (Å²) in [6, 6.07) is 13.7. The Balaban J connectivity index is 1.39. The summed E-state index contributed by atoms with van der Waals surface area (Å²) >= 11 is 0. The molecule has 30 heavy (non-hydrogen) atoms. The Bertz CT molecular complexity index is 1010. The van der Waals surface area contributed by atoms with Crippen molar-refractivity contribution in [1.29, 1.82) is 0 Å². The highest BCUT2D eigenvalue weighted by Crippen LogP contribution is 2.41. The average Bonchev–Trinajstić information content (AvgIpc) is 3.58. The van der Waals surface area contributed by atoms with Gasteiger partial charge < -0.3 is 5.32 Å². The van der Waals surface area contributed by atoms with Gasteiger partial charge in [0.15, 0.2) is 0 Å². The molecule has 2 aliphatic rings. The maximum atomic E-state index is 14.0. The van der Waals surface area contributed by atoms with E-state index in [2.05, 4.69) is 29.6 Å². The lowest BCUT2D eigenvalue weighted by atomic mass is 9.95. The number of sulfonamides is 1. The molecule has 160 valence electrons. The van der Waals surface area contributed by atoms with Crippen LogP contribution in [0.4, 0.5) is 4.39 Å². The van der Waals surface area contributed by atoms with Crippen molar-refractivity contribution in [1.82, 2.24) is 9.62 Å². The van der Waals surface area contributed by atoms with Crippen molar-refractivity contribution in [2.45, 2.75) is 43.5 Å². The second-order valence-electron chi connectivity index (χ2n) is 8.34. The Morgan fingerprint density at radius 1 is 1.03 bits per heavy atom. The molecule has 1 aliphatic carbocycles. The van der Waals surface area contributed by atoms with Crippen molar-refractivity contribution in [3.8, 4) is 0 Å². The van der Waals surface area contributed by atoms with Crippen LogP contribution in [0.15, 0.2) is 53.4 Å². The normalized spacial score (nSPS) is 19.4. The molecule has 1 amide bonds. The summed E-state index contributed by atoms with van der Waals surface area (Å²) in [4.78, 5) is 12.6. The SMILES string of the molecule is Cc1ccc(C(NC(=O)C2CCN(S(=O)(=O)c3ccccc3F)CC2)C2CC2)cc1. The molecule has 7 heteroatoms. The number of carbonyl (C=O) groups excluding carboxylic acids is 1. The van der Waals surface area contributed by atoms with Crippen LogP contribution in [0.2, 0.25) is 0 Å². The molecular weight excluding hydrogens is 403 g/mol. The minimum absolute atomic E-state index is 0.0123. The highest BCUT2D eigenvalue weighted by molar-refractivity contribution is 7.89. The van der Waals surface area contributed by atoms with Gasteiger partial charge in [0.2, 0.25) is 15.9 Å². The van der Waals surface area contributed by atoms with Crippen LogP contribution in [-0.4, -0.2) is 31.7 Å². The maximum absolute atomic E-state index is 14.0. The predicted molar refractivity (Wildman–Crippen MR) is 113 cm³/mol. The molecule has 4 rings (SSSR count). The van der Waals surface area contributed by atoms with Gasteiger partial charge in [0.25, 0.3) is 0 Å². The third kappa shape index (κ3) is 4.42. The Morgan fingerprint density at radius 2 is 1.67 bits per heavy atom. The second kappa shape index (κ2) is 8.47. The van der Waals surface area contributed by atoms with E-state index in [4.69, 9.17) is 0 Å². The van der Waals surface area contributed by atoms with Crippen molar-refractivity contribution in [3.05, 3.63) is 65.5 Å². The van der Waals surface area contributed by atoms with Crippen LogP contribution in [0.25, 0.3) is 0 Å². The molecule has 0 bridgehead atoms. The first-order chi connectivity index (χ1) is 14.4. The van der Waals surface area contributed by atoms with E-state index in [1.54, 1.807) is 0 Å². The number of piperidine rings is 1. The molecule has 5 nitrogen and oxygen atoms in total. The number of amides is 1. The summed E-state index contributed by atoms with van der Waals surface area (Å²) in [6.07, 6.45) is 3.09. The van der Waals surface area contributed by atoms with E-state index in [9.17, 15) is 17.6 Å². The number of hydrogen-bond donors (Lipinski definition) is 1. The lowest BCUT2D eigenvalue weighted by Crippen LogP contribution is -2.44. The van der Waals surface area contributed by atoms with Crippen molar-refractivity contribution < 1.29 is 17.6 Å². The molecule has 1 saturated carbocycles. The van der Waals surface area contributed by atoms with Crippen molar-refractivity contribution in [2.24, 2.45) is 11.8 Å². The average molecular weight is 431 g/mol. The zero-order chi connectivity index (χ0) is 21.3. The molecule has 1 atom stereocenters. The predicted octanol–water partition coefficient (Wildman–Crippen LogP) is 3.80. The summed E-state index contributed by atoms with van der Waals surface area (Å²) in [5, 5.41) is 3.21. The zero-order valence-corrected chi connectivity index (χ0v) is 17.9. The van der Waals surface area contributed by atoms with Crippen LogP contribution >= 0.6 is 0 Å². The minimum Gasteiger partial charge on any atom is -0.349 e. The molecule has 2 aromatic rings. The molecule has 1 N–H and O–H groups in total. The number of halogens is 1. The van der Waals surface area contributed by atoms with Crippen molar-refractivity contribution >= 4 is 15.9 Å². The summed E-state index contributed by atoms with van der Waals surface area (Å²) in [6.45, 7) is 2.47. The smallest absolute Gasteiger partial charge is 0.245 e. The van der Waals surface area contributed by atoms with Crippen LogP contribution in [0.5, 0.6) is 0 Å². The van der Waals surface area contributed by atoms with Crippen molar-refractivity contribution in [3.63, 3.8) is 0 Å². The number of hydrogen-bond acceptors (Lipinski definition) is 3. The number of nitrogens with one attached hydrogen (secondary N) is 1. The van der Waals surface area contributed by atoms with Crippen LogP contribution < -0.4 is 5.32 Å². The van der Waals surface area contributed by atoms with Gasteiger partial charge in [-0.05, 0) is 56.2 Å². The summed E-state index contributed by atoms with van der Waals surface area (Å²) in [5.41, 5.74) is 2.30. The van der Waals surface area contributed by atoms with E-state index in [1.807, 2.05) is 6.92 Å². The number of carbonyl (C=O) groups is 1. The van der Waals surface area contributed by atoms with Gasteiger partial charge in [0.1, 0.15) is 10.7 Å². The largest absolute Gasteiger partial charge is 0.349 e. The fraction of sp³-hybridized carbons (Fsp3) is 0.435. The lowest BCUT2D eigenvalue weighted by Gasteiger charge is -2.31. The van der Waals surface area contributed by atoms with Crippen LogP contribution in [0.1, 0.15) is 42.9 Å². The second-order valence-corrected chi connectivity index (χ2v) is 10.2. The number of nitrogens with zero attached hydrogens (tertiary/aromatic N) is 1. The van der Waals surface area contributed by atoms with E-state index >= 15 is 0 Å². The van der Waals surface area contributed by atoms with Crippen LogP contribution in [-0.2, 0) is 14.8 Å². The van der Waals surface area contributed by atoms with Gasteiger partial charge in [-0.15, -0.1) is 0 Å². The Hall–Kier alpha value is -2.25. The van der Waals surface area contributed by atoms with Gasteiger partial charge in [0, 0.05) is 19.0 Å². The summed E-state index contributed by atoms with van der Waals surface area (Å²) in [5.74, 6) is -0.528. The van der Waals surface area contributed by atoms with Gasteiger partial charge in [-0.2, -0.15) is 4.31 Å². The number of benzene rings is 2. The molecule has 1 saturated heterocycles. The minimum atomic E-state index is -3.89. The quantitative estimate of drug-likeness (QED) is 0.758. The van der Waals surface area contributed by atoms with E-state index in [-0.39, 0.29) is 35.9 Å². The molecule has 0 aromatic heterocycles. The Labute approximate surface area is 177 Å². The summed E-state index contributed by atoms with van der Waals surface area (Å²) < 4.78 is 40.8. The first-order valence-corrected chi connectivity index (χ1v) is 11.9.